The summed E-state index contributed by atoms with van der Waals surface area (Å²) in [6.45, 7) is 3.43. The van der Waals surface area contributed by atoms with Crippen LogP contribution in [0.4, 0.5) is 8.78 Å². The van der Waals surface area contributed by atoms with E-state index in [1.54, 1.807) is 11.9 Å². The number of hydrogen-bond acceptors (Lipinski definition) is 5. The van der Waals surface area contributed by atoms with Crippen LogP contribution in [0.1, 0.15) is 17.7 Å². The van der Waals surface area contributed by atoms with E-state index in [1.807, 2.05) is 10.3 Å². The largest absolute Gasteiger partial charge is 0.378 e. The summed E-state index contributed by atoms with van der Waals surface area (Å²) in [5, 5.41) is 4.54. The second-order valence-corrected chi connectivity index (χ2v) is 6.95. The predicted molar refractivity (Wildman–Crippen MR) is 93.9 cm³/mol. The van der Waals surface area contributed by atoms with Gasteiger partial charge in [-0.25, -0.2) is 12.9 Å². The molecule has 1 saturated heterocycles. The average Bonchev–Trinajstić information content (AvgIpc) is 3.17. The minimum atomic E-state index is -0.411. The van der Waals surface area contributed by atoms with Crippen molar-refractivity contribution >= 4 is 11.9 Å². The van der Waals surface area contributed by atoms with Crippen LogP contribution in [0.5, 0.6) is 0 Å². The van der Waals surface area contributed by atoms with Gasteiger partial charge in [0, 0.05) is 43.2 Å². The number of hydrogen-bond donors (Lipinski definition) is 1. The average molecular weight is 368 g/mol. The van der Waals surface area contributed by atoms with Gasteiger partial charge in [0.05, 0.1) is 18.9 Å². The molecule has 5 nitrogen and oxygen atoms in total. The monoisotopic (exact) mass is 368 g/mol. The first-order valence-electron chi connectivity index (χ1n) is 8.15. The molecule has 1 aromatic carbocycles. The van der Waals surface area contributed by atoms with Crippen LogP contribution in [-0.4, -0.2) is 45.6 Å². The van der Waals surface area contributed by atoms with Crippen LogP contribution in [0, 0.1) is 11.6 Å². The highest BCUT2D eigenvalue weighted by atomic mass is 32.2. The molecule has 1 fully saturated rings. The summed E-state index contributed by atoms with van der Waals surface area (Å²) in [4.78, 5) is 2.43. The smallest absolute Gasteiger partial charge is 0.123 e. The lowest BCUT2D eigenvalue weighted by molar-refractivity contribution is 0.00508. The number of fused-ring (bicyclic) bond motifs is 1. The van der Waals surface area contributed by atoms with Gasteiger partial charge in [-0.3, -0.25) is 4.90 Å². The van der Waals surface area contributed by atoms with Crippen molar-refractivity contribution in [1.82, 2.24) is 14.1 Å². The van der Waals surface area contributed by atoms with Crippen molar-refractivity contribution in [2.24, 2.45) is 5.73 Å². The number of benzene rings is 1. The quantitative estimate of drug-likeness (QED) is 0.882. The van der Waals surface area contributed by atoms with Gasteiger partial charge < -0.3 is 10.5 Å². The highest BCUT2D eigenvalue weighted by molar-refractivity contribution is 7.97. The van der Waals surface area contributed by atoms with Crippen molar-refractivity contribution in [3.8, 4) is 0 Å². The van der Waals surface area contributed by atoms with E-state index in [1.165, 1.54) is 11.3 Å². The summed E-state index contributed by atoms with van der Waals surface area (Å²) in [5.74, 6) is -0.821. The molecule has 4 rings (SSSR count). The molecule has 0 aliphatic carbocycles. The van der Waals surface area contributed by atoms with E-state index in [2.05, 4.69) is 16.2 Å². The number of aromatic nitrogens is 2. The van der Waals surface area contributed by atoms with Gasteiger partial charge in [-0.15, -0.1) is 0 Å². The van der Waals surface area contributed by atoms with Gasteiger partial charge in [0.2, 0.25) is 0 Å². The molecule has 25 heavy (non-hydrogen) atoms. The van der Waals surface area contributed by atoms with Gasteiger partial charge in [-0.05, 0) is 42.6 Å². The molecule has 2 atom stereocenters. The molecule has 0 amide bonds. The lowest BCUT2D eigenvalue weighted by Gasteiger charge is -2.33. The number of nitrogens with zero attached hydrogens (tertiary/aromatic N) is 3. The van der Waals surface area contributed by atoms with Crippen LogP contribution in [0.25, 0.3) is 0 Å². The molecule has 2 aliphatic heterocycles. The Morgan fingerprint density at radius 1 is 1.16 bits per heavy atom. The second-order valence-electron chi connectivity index (χ2n) is 6.21. The van der Waals surface area contributed by atoms with Crippen LogP contribution < -0.4 is 5.73 Å². The van der Waals surface area contributed by atoms with Crippen LogP contribution >= 0.6 is 11.9 Å². The van der Waals surface area contributed by atoms with Crippen LogP contribution in [0.2, 0.25) is 0 Å². The summed E-state index contributed by atoms with van der Waals surface area (Å²) in [6, 6.07) is 4.96. The van der Waals surface area contributed by atoms with Gasteiger partial charge in [-0.1, -0.05) is 0 Å². The maximum atomic E-state index is 11.9. The fraction of sp³-hybridized carbons (Fsp3) is 0.471. The Morgan fingerprint density at radius 2 is 1.84 bits per heavy atom. The molecule has 0 radical (unpaired) electrons. The molecule has 2 unspecified atom stereocenters. The highest BCUT2D eigenvalue weighted by Gasteiger charge is 2.31. The molecule has 0 bridgehead atoms. The molecule has 0 saturated carbocycles. The third-order valence-electron chi connectivity index (χ3n) is 4.31. The minimum absolute atomic E-state index is 0.188. The van der Waals surface area contributed by atoms with E-state index in [4.69, 9.17) is 10.5 Å². The summed E-state index contributed by atoms with van der Waals surface area (Å²) >= 11 is 1.63. The first-order valence-corrected chi connectivity index (χ1v) is 9.33. The molecule has 2 aliphatic rings. The third kappa shape index (κ3) is 4.78. The zero-order chi connectivity index (χ0) is 17.8. The van der Waals surface area contributed by atoms with Crippen molar-refractivity contribution in [3.05, 3.63) is 53.4 Å². The Balaban J connectivity index is 0.000000192. The zero-order valence-electron chi connectivity index (χ0n) is 14.1. The fourth-order valence-electron chi connectivity index (χ4n) is 3.03. The third-order valence-corrected chi connectivity index (χ3v) is 4.87. The minimum Gasteiger partial charge on any atom is -0.378 e. The first kappa shape index (κ1) is 18.3. The first-order chi connectivity index (χ1) is 12.0. The summed E-state index contributed by atoms with van der Waals surface area (Å²) < 4.78 is 31.3. The molecule has 2 N–H and O–H groups in total. The van der Waals surface area contributed by atoms with E-state index in [-0.39, 0.29) is 6.04 Å². The van der Waals surface area contributed by atoms with Gasteiger partial charge in [-0.2, -0.15) is 5.10 Å². The predicted octanol–water partition coefficient (Wildman–Crippen LogP) is 2.41. The Kier molecular flexibility index (Phi) is 6.06. The molecule has 8 heteroatoms. The number of rotatable bonds is 2. The number of ether oxygens (including phenoxy) is 1. The lowest BCUT2D eigenvalue weighted by Crippen LogP contribution is -2.46. The molecule has 2 aromatic rings. The summed E-state index contributed by atoms with van der Waals surface area (Å²) in [5.41, 5.74) is 8.50. The molecular weight excluding hydrogens is 346 g/mol. The zero-order valence-corrected chi connectivity index (χ0v) is 14.9. The van der Waals surface area contributed by atoms with E-state index in [9.17, 15) is 8.78 Å². The molecule has 3 heterocycles. The van der Waals surface area contributed by atoms with E-state index in [0.717, 1.165) is 50.4 Å². The van der Waals surface area contributed by atoms with Crippen molar-refractivity contribution in [2.75, 3.05) is 19.5 Å². The molecule has 136 valence electrons. The van der Waals surface area contributed by atoms with Gasteiger partial charge in [0.15, 0.2) is 0 Å². The van der Waals surface area contributed by atoms with Crippen molar-refractivity contribution in [2.45, 2.75) is 31.6 Å². The highest BCUT2D eigenvalue weighted by Crippen LogP contribution is 2.27. The van der Waals surface area contributed by atoms with E-state index in [0.29, 0.717) is 12.6 Å². The summed E-state index contributed by atoms with van der Waals surface area (Å²) in [6.07, 6.45) is 5.20. The van der Waals surface area contributed by atoms with Crippen molar-refractivity contribution in [3.63, 3.8) is 0 Å². The molecule has 1 aromatic heterocycles. The maximum absolute atomic E-state index is 11.9. The van der Waals surface area contributed by atoms with E-state index < -0.39 is 11.6 Å². The van der Waals surface area contributed by atoms with Crippen molar-refractivity contribution < 1.29 is 13.5 Å². The second kappa shape index (κ2) is 8.27. The normalized spacial score (nSPS) is 23.0. The summed E-state index contributed by atoms with van der Waals surface area (Å²) in [7, 11) is 0. The Bertz CT molecular complexity index is 650. The topological polar surface area (TPSA) is 56.3 Å². The van der Waals surface area contributed by atoms with Crippen molar-refractivity contribution in [1.29, 1.82) is 0 Å². The standard InChI is InChI=1S/C11H18N4OS.C6H4F2/c1-17-15-4-8-3-14(5-11(8)13-15)10-2-9(12)6-16-7-10;7-5-1-2-6(8)4-3-5/h4,9-10H,2-3,5-7,12H2,1H3;1-4H. The van der Waals surface area contributed by atoms with Crippen LogP contribution in [-0.2, 0) is 17.8 Å². The lowest BCUT2D eigenvalue weighted by atomic mass is 10.1. The Morgan fingerprint density at radius 3 is 2.40 bits per heavy atom. The van der Waals surface area contributed by atoms with Gasteiger partial charge in [0.1, 0.15) is 11.6 Å². The fourth-order valence-corrected chi connectivity index (χ4v) is 3.44. The van der Waals surface area contributed by atoms with E-state index >= 15 is 0 Å². The van der Waals surface area contributed by atoms with Crippen LogP contribution in [0.3, 0.4) is 0 Å². The number of nitrogens with two attached hydrogens (primary N) is 1. The molecular formula is C17H22F2N4OS. The Labute approximate surface area is 150 Å². The van der Waals surface area contributed by atoms with Crippen LogP contribution in [0.15, 0.2) is 30.5 Å². The number of halogens is 2. The van der Waals surface area contributed by atoms with Gasteiger partial charge >= 0.3 is 0 Å². The SMILES string of the molecule is CSn1cc2c(n1)CN(C1COCC(N)C1)C2.Fc1ccc(F)cc1. The Hall–Kier alpha value is -1.48. The maximum Gasteiger partial charge on any atom is 0.123 e. The van der Waals surface area contributed by atoms with Gasteiger partial charge in [0.25, 0.3) is 0 Å². The molecule has 0 spiro atoms.